The van der Waals surface area contributed by atoms with Crippen LogP contribution in [0.3, 0.4) is 0 Å². The van der Waals surface area contributed by atoms with E-state index in [2.05, 4.69) is 36.0 Å². The summed E-state index contributed by atoms with van der Waals surface area (Å²) in [6, 6.07) is 1.17. The van der Waals surface area contributed by atoms with Gasteiger partial charge in [-0.25, -0.2) is 0 Å². The second kappa shape index (κ2) is 7.36. The highest BCUT2D eigenvalue weighted by Crippen LogP contribution is 2.14. The van der Waals surface area contributed by atoms with E-state index in [1.54, 1.807) is 0 Å². The summed E-state index contributed by atoms with van der Waals surface area (Å²) in [5.74, 6) is 0. The Bertz CT molecular complexity index is 319. The van der Waals surface area contributed by atoms with Crippen LogP contribution in [0.2, 0.25) is 0 Å². The van der Waals surface area contributed by atoms with Gasteiger partial charge in [0.15, 0.2) is 10.2 Å². The lowest BCUT2D eigenvalue weighted by atomic mass is 10.1. The Morgan fingerprint density at radius 2 is 1.58 bits per heavy atom. The number of hydrogen-bond acceptors (Lipinski definition) is 3. The summed E-state index contributed by atoms with van der Waals surface area (Å²) in [5.41, 5.74) is 0. The monoisotopic (exact) mass is 302 g/mol. The van der Waals surface area contributed by atoms with E-state index in [0.717, 1.165) is 31.0 Å². The molecule has 6 heteroatoms. The Hall–Kier alpha value is -0.460. The molecule has 0 bridgehead atoms. The van der Waals surface area contributed by atoms with Gasteiger partial charge in [0.05, 0.1) is 0 Å². The van der Waals surface area contributed by atoms with Gasteiger partial charge < -0.3 is 20.0 Å². The molecular weight excluding hydrogens is 276 g/mol. The zero-order chi connectivity index (χ0) is 14.6. The molecule has 1 N–H and O–H groups in total. The van der Waals surface area contributed by atoms with Crippen molar-refractivity contribution >= 4 is 34.7 Å². The zero-order valence-electron chi connectivity index (χ0n) is 12.6. The third-order valence-corrected chi connectivity index (χ3v) is 4.76. The molecule has 0 saturated carbocycles. The Kier molecular flexibility index (Phi) is 6.42. The van der Waals surface area contributed by atoms with E-state index in [4.69, 9.17) is 24.4 Å². The number of rotatable bonds is 0. The third-order valence-electron chi connectivity index (χ3n) is 3.93. The average molecular weight is 303 g/mol. The first-order valence-corrected chi connectivity index (χ1v) is 7.63. The third kappa shape index (κ3) is 4.85. The van der Waals surface area contributed by atoms with Gasteiger partial charge in [0.25, 0.3) is 0 Å². The van der Waals surface area contributed by atoms with Crippen LogP contribution in [-0.4, -0.2) is 71.2 Å². The normalized spacial score (nSPS) is 25.4. The van der Waals surface area contributed by atoms with Crippen LogP contribution >= 0.6 is 24.4 Å². The molecule has 19 heavy (non-hydrogen) atoms. The van der Waals surface area contributed by atoms with Gasteiger partial charge in [-0.15, -0.1) is 0 Å². The van der Waals surface area contributed by atoms with Crippen molar-refractivity contribution in [3.05, 3.63) is 0 Å². The Morgan fingerprint density at radius 3 is 2.00 bits per heavy atom. The van der Waals surface area contributed by atoms with Crippen LogP contribution < -0.4 is 5.32 Å². The molecule has 2 unspecified atom stereocenters. The van der Waals surface area contributed by atoms with Gasteiger partial charge in [0.2, 0.25) is 0 Å². The first kappa shape index (κ1) is 16.6. The summed E-state index contributed by atoms with van der Waals surface area (Å²) in [7, 11) is 6.05. The van der Waals surface area contributed by atoms with Crippen molar-refractivity contribution < 1.29 is 0 Å². The Labute approximate surface area is 128 Å². The van der Waals surface area contributed by atoms with Crippen LogP contribution in [0, 0.1) is 0 Å². The first-order chi connectivity index (χ1) is 8.82. The fourth-order valence-electron chi connectivity index (χ4n) is 2.12. The fraction of sp³-hybridized carbons (Fsp3) is 0.846. The number of nitrogens with one attached hydrogen (secondary N) is 1. The second-order valence-electron chi connectivity index (χ2n) is 5.56. The summed E-state index contributed by atoms with van der Waals surface area (Å²) < 4.78 is 0. The van der Waals surface area contributed by atoms with Gasteiger partial charge in [-0.2, -0.15) is 0 Å². The van der Waals surface area contributed by atoms with Gasteiger partial charge >= 0.3 is 0 Å². The van der Waals surface area contributed by atoms with Crippen molar-refractivity contribution in [2.45, 2.75) is 38.8 Å². The molecule has 4 nitrogen and oxygen atoms in total. The van der Waals surface area contributed by atoms with E-state index in [1.807, 2.05) is 19.0 Å². The van der Waals surface area contributed by atoms with Crippen molar-refractivity contribution in [3.8, 4) is 0 Å². The summed E-state index contributed by atoms with van der Waals surface area (Å²) in [6.45, 7) is 6.53. The number of nitrogens with zero attached hydrogens (tertiary/aromatic N) is 3. The molecule has 0 amide bonds. The van der Waals surface area contributed by atoms with E-state index in [9.17, 15) is 0 Å². The van der Waals surface area contributed by atoms with E-state index in [0.29, 0.717) is 17.2 Å². The van der Waals surface area contributed by atoms with Crippen molar-refractivity contribution in [1.82, 2.24) is 20.0 Å². The van der Waals surface area contributed by atoms with Gasteiger partial charge in [0.1, 0.15) is 0 Å². The lowest BCUT2D eigenvalue weighted by Crippen LogP contribution is -2.50. The highest BCUT2D eigenvalue weighted by atomic mass is 32.1. The van der Waals surface area contributed by atoms with E-state index in [1.165, 1.54) is 0 Å². The fourth-order valence-corrected chi connectivity index (χ4v) is 2.56. The molecule has 1 rings (SSSR count). The molecule has 0 aromatic heterocycles. The van der Waals surface area contributed by atoms with Crippen LogP contribution in [0.25, 0.3) is 0 Å². The molecule has 1 heterocycles. The molecule has 0 aromatic carbocycles. The number of hydrogen-bond donors (Lipinski definition) is 1. The Balaban J connectivity index is 2.58. The van der Waals surface area contributed by atoms with E-state index in [-0.39, 0.29) is 0 Å². The smallest absolute Gasteiger partial charge is 0.175 e. The van der Waals surface area contributed by atoms with Gasteiger partial charge in [0, 0.05) is 39.3 Å². The molecular formula is C13H26N4S2. The zero-order valence-corrected chi connectivity index (χ0v) is 14.3. The summed E-state index contributed by atoms with van der Waals surface area (Å²) in [5, 5.41) is 4.56. The molecule has 1 aliphatic heterocycles. The van der Waals surface area contributed by atoms with Gasteiger partial charge in [-0.3, -0.25) is 0 Å². The van der Waals surface area contributed by atoms with Crippen molar-refractivity contribution in [2.75, 3.05) is 34.2 Å². The maximum absolute atomic E-state index is 5.47. The van der Waals surface area contributed by atoms with Crippen LogP contribution in [-0.2, 0) is 0 Å². The predicted molar refractivity (Wildman–Crippen MR) is 89.5 cm³/mol. The predicted octanol–water partition coefficient (Wildman–Crippen LogP) is 1.51. The standard InChI is InChI=1S/C13H26N4S2/c1-10-6-8-17(9-7-11(2)16(10)5)13(19)14-12(18)15(3)4/h10-11H,6-9H2,1-5H3,(H,14,18,19). The van der Waals surface area contributed by atoms with Crippen LogP contribution in [0.4, 0.5) is 0 Å². The lowest BCUT2D eigenvalue weighted by Gasteiger charge is -2.38. The van der Waals surface area contributed by atoms with E-state index < -0.39 is 0 Å². The lowest BCUT2D eigenvalue weighted by molar-refractivity contribution is 0.143. The molecule has 1 fully saturated rings. The van der Waals surface area contributed by atoms with Crippen LogP contribution in [0.1, 0.15) is 26.7 Å². The largest absolute Gasteiger partial charge is 0.355 e. The van der Waals surface area contributed by atoms with Crippen molar-refractivity contribution in [1.29, 1.82) is 0 Å². The second-order valence-corrected chi connectivity index (χ2v) is 6.33. The summed E-state index contributed by atoms with van der Waals surface area (Å²) in [6.07, 6.45) is 2.24. The molecule has 0 aliphatic carbocycles. The van der Waals surface area contributed by atoms with Gasteiger partial charge in [-0.05, 0) is 58.2 Å². The maximum Gasteiger partial charge on any atom is 0.175 e. The molecule has 1 saturated heterocycles. The van der Waals surface area contributed by atoms with E-state index >= 15 is 0 Å². The maximum atomic E-state index is 5.47. The summed E-state index contributed by atoms with van der Waals surface area (Å²) >= 11 is 10.7. The molecule has 0 spiro atoms. The average Bonchev–Trinajstić information content (AvgIpc) is 2.35. The van der Waals surface area contributed by atoms with Gasteiger partial charge in [-0.1, -0.05) is 0 Å². The highest BCUT2D eigenvalue weighted by Gasteiger charge is 2.22. The van der Waals surface area contributed by atoms with Crippen molar-refractivity contribution in [3.63, 3.8) is 0 Å². The molecule has 1 aliphatic rings. The molecule has 110 valence electrons. The van der Waals surface area contributed by atoms with Crippen LogP contribution in [0.5, 0.6) is 0 Å². The molecule has 2 atom stereocenters. The topological polar surface area (TPSA) is 21.8 Å². The minimum Gasteiger partial charge on any atom is -0.355 e. The van der Waals surface area contributed by atoms with Crippen LogP contribution in [0.15, 0.2) is 0 Å². The molecule has 0 radical (unpaired) electrons. The highest BCUT2D eigenvalue weighted by molar-refractivity contribution is 7.81. The minimum absolute atomic E-state index is 0.585. The minimum atomic E-state index is 0.585. The SMILES string of the molecule is CC1CCN(C(=S)NC(=S)N(C)C)CCC(C)N1C. The first-order valence-electron chi connectivity index (χ1n) is 6.82. The quantitative estimate of drug-likeness (QED) is 0.680. The molecule has 0 aromatic rings. The summed E-state index contributed by atoms with van der Waals surface area (Å²) in [4.78, 5) is 6.56. The van der Waals surface area contributed by atoms with Crippen molar-refractivity contribution in [2.24, 2.45) is 0 Å². The number of thiocarbonyl (C=S) groups is 2. The Morgan fingerprint density at radius 1 is 1.11 bits per heavy atom.